The van der Waals surface area contributed by atoms with Crippen LogP contribution in [0.4, 0.5) is 5.69 Å². The van der Waals surface area contributed by atoms with Gasteiger partial charge in [-0.2, -0.15) is 0 Å². The molecule has 5 aromatic rings. The van der Waals surface area contributed by atoms with Crippen LogP contribution in [0.1, 0.15) is 43.1 Å². The minimum Gasteiger partial charge on any atom is -0.493 e. The second-order valence-corrected chi connectivity index (χ2v) is 12.2. The highest BCUT2D eigenvalue weighted by atomic mass is 16.6. The predicted octanol–water partition coefficient (Wildman–Crippen LogP) is 7.60. The first-order valence-electron chi connectivity index (χ1n) is 15.9. The van der Waals surface area contributed by atoms with Crippen molar-refractivity contribution in [3.63, 3.8) is 0 Å². The number of fused-ring (bicyclic) bond motifs is 1. The van der Waals surface area contributed by atoms with Gasteiger partial charge in [-0.05, 0) is 94.3 Å². The molecule has 0 fully saturated rings. The number of methoxy groups -OCH3 is 1. The molecule has 248 valence electrons. The number of carbonyl (C=O) groups is 2. The van der Waals surface area contributed by atoms with Crippen LogP contribution in [-0.4, -0.2) is 48.8 Å². The number of benzene rings is 4. The number of ether oxygens (including phenoxy) is 4. The Morgan fingerprint density at radius 3 is 2.23 bits per heavy atom. The van der Waals surface area contributed by atoms with Crippen LogP contribution in [0, 0.1) is 0 Å². The summed E-state index contributed by atoms with van der Waals surface area (Å²) in [4.78, 5) is 29.9. The number of nitrogens with one attached hydrogen (secondary N) is 2. The van der Waals surface area contributed by atoms with Crippen LogP contribution in [0.5, 0.6) is 23.0 Å². The Labute approximate surface area is 281 Å². The van der Waals surface area contributed by atoms with E-state index in [0.29, 0.717) is 65.8 Å². The third-order valence-corrected chi connectivity index (χ3v) is 7.31. The number of esters is 1. The summed E-state index contributed by atoms with van der Waals surface area (Å²) < 4.78 is 23.7. The summed E-state index contributed by atoms with van der Waals surface area (Å²) in [7, 11) is 1.59. The molecule has 4 aromatic carbocycles. The highest BCUT2D eigenvalue weighted by Crippen LogP contribution is 2.37. The largest absolute Gasteiger partial charge is 0.493 e. The molecule has 9 heteroatoms. The lowest BCUT2D eigenvalue weighted by atomic mass is 10.1. The van der Waals surface area contributed by atoms with Gasteiger partial charge in [0, 0.05) is 28.9 Å². The number of amides is 1. The fourth-order valence-corrected chi connectivity index (χ4v) is 5.01. The number of hydrogen-bond acceptors (Lipinski definition) is 8. The van der Waals surface area contributed by atoms with E-state index in [0.717, 1.165) is 10.9 Å². The van der Waals surface area contributed by atoms with E-state index < -0.39 is 11.6 Å². The molecule has 0 aliphatic carbocycles. The molecule has 0 aliphatic rings. The van der Waals surface area contributed by atoms with Gasteiger partial charge in [0.25, 0.3) is 5.91 Å². The molecule has 5 rings (SSSR count). The van der Waals surface area contributed by atoms with Crippen LogP contribution in [0.15, 0.2) is 109 Å². The number of hydrogen-bond donors (Lipinski definition) is 2. The zero-order valence-corrected chi connectivity index (χ0v) is 27.7. The smallest absolute Gasteiger partial charge is 0.323 e. The van der Waals surface area contributed by atoms with Gasteiger partial charge in [-0.3, -0.25) is 14.6 Å². The summed E-state index contributed by atoms with van der Waals surface area (Å²) in [5, 5.41) is 7.00. The maximum Gasteiger partial charge on any atom is 0.323 e. The first-order valence-corrected chi connectivity index (χ1v) is 15.9. The predicted molar refractivity (Wildman–Crippen MR) is 187 cm³/mol. The number of anilines is 1. The normalized spacial score (nSPS) is 11.8. The second kappa shape index (κ2) is 15.9. The number of rotatable bonds is 14. The second-order valence-electron chi connectivity index (χ2n) is 12.2. The molecule has 0 bridgehead atoms. The monoisotopic (exact) mass is 647 g/mol. The van der Waals surface area contributed by atoms with Crippen LogP contribution >= 0.6 is 0 Å². The van der Waals surface area contributed by atoms with Gasteiger partial charge in [0.2, 0.25) is 0 Å². The lowest BCUT2D eigenvalue weighted by molar-refractivity contribution is -0.157. The van der Waals surface area contributed by atoms with Crippen LogP contribution in [-0.2, 0) is 16.0 Å². The molecule has 1 heterocycles. The standard InChI is InChI=1S/C39H41N3O6/c1-39(2,3)48-38(44)33(24-27-12-7-5-8-13-27)40-21-11-23-46-36-26-32-31(25-35(36)45-4)34(20-22-41-32)47-30-18-16-29(17-19-30)42-37(43)28-14-9-6-10-15-28/h5-10,12-20,22,25-26,33,40H,11,21,23-24H2,1-4H3,(H,42,43). The van der Waals surface area contributed by atoms with E-state index in [-0.39, 0.29) is 11.9 Å². The Morgan fingerprint density at radius 1 is 0.833 bits per heavy atom. The van der Waals surface area contributed by atoms with E-state index in [1.807, 2.05) is 81.4 Å². The van der Waals surface area contributed by atoms with Gasteiger partial charge in [0.05, 0.1) is 19.2 Å². The molecule has 0 radical (unpaired) electrons. The van der Waals surface area contributed by atoms with Crippen molar-refractivity contribution in [3.05, 3.63) is 120 Å². The Morgan fingerprint density at radius 2 is 1.54 bits per heavy atom. The zero-order valence-electron chi connectivity index (χ0n) is 27.7. The average molecular weight is 648 g/mol. The average Bonchev–Trinajstić information content (AvgIpc) is 3.08. The topological polar surface area (TPSA) is 108 Å². The highest BCUT2D eigenvalue weighted by Gasteiger charge is 2.25. The van der Waals surface area contributed by atoms with Crippen LogP contribution in [0.3, 0.4) is 0 Å². The molecule has 1 amide bonds. The minimum absolute atomic E-state index is 0.182. The lowest BCUT2D eigenvalue weighted by Crippen LogP contribution is -2.43. The first-order chi connectivity index (χ1) is 23.2. The highest BCUT2D eigenvalue weighted by molar-refractivity contribution is 6.04. The Balaban J connectivity index is 1.19. The molecule has 9 nitrogen and oxygen atoms in total. The van der Waals surface area contributed by atoms with Crippen molar-refractivity contribution in [2.45, 2.75) is 45.3 Å². The van der Waals surface area contributed by atoms with Crippen molar-refractivity contribution in [2.75, 3.05) is 25.6 Å². The molecule has 0 saturated carbocycles. The van der Waals surface area contributed by atoms with Crippen LogP contribution in [0.2, 0.25) is 0 Å². The van der Waals surface area contributed by atoms with E-state index >= 15 is 0 Å². The maximum absolute atomic E-state index is 12.9. The quantitative estimate of drug-likeness (QED) is 0.0938. The molecule has 0 saturated heterocycles. The first kappa shape index (κ1) is 33.9. The third kappa shape index (κ3) is 9.56. The Kier molecular flexibility index (Phi) is 11.3. The van der Waals surface area contributed by atoms with Gasteiger partial charge in [-0.25, -0.2) is 0 Å². The number of pyridine rings is 1. The summed E-state index contributed by atoms with van der Waals surface area (Å²) >= 11 is 0. The molecule has 48 heavy (non-hydrogen) atoms. The molecule has 2 N–H and O–H groups in total. The number of carbonyl (C=O) groups excluding carboxylic acids is 2. The molecule has 1 aromatic heterocycles. The van der Waals surface area contributed by atoms with Gasteiger partial charge in [0.1, 0.15) is 23.1 Å². The Hall–Kier alpha value is -5.41. The lowest BCUT2D eigenvalue weighted by Gasteiger charge is -2.25. The fraction of sp³-hybridized carbons (Fsp3) is 0.256. The summed E-state index contributed by atoms with van der Waals surface area (Å²) in [6, 6.07) is 31.1. The molecule has 1 atom stereocenters. The van der Waals surface area contributed by atoms with Gasteiger partial charge >= 0.3 is 5.97 Å². The van der Waals surface area contributed by atoms with E-state index in [2.05, 4.69) is 15.6 Å². The maximum atomic E-state index is 12.9. The van der Waals surface area contributed by atoms with E-state index in [4.69, 9.17) is 18.9 Å². The van der Waals surface area contributed by atoms with Gasteiger partial charge in [-0.15, -0.1) is 0 Å². The number of nitrogens with zero attached hydrogens (tertiary/aromatic N) is 1. The Bertz CT molecular complexity index is 1810. The van der Waals surface area contributed by atoms with Crippen molar-refractivity contribution in [1.29, 1.82) is 0 Å². The van der Waals surface area contributed by atoms with Crippen molar-refractivity contribution in [2.24, 2.45) is 0 Å². The van der Waals surface area contributed by atoms with Crippen molar-refractivity contribution in [3.8, 4) is 23.0 Å². The molecular weight excluding hydrogens is 606 g/mol. The van der Waals surface area contributed by atoms with E-state index in [1.165, 1.54) is 0 Å². The van der Waals surface area contributed by atoms with E-state index in [9.17, 15) is 9.59 Å². The fourth-order valence-electron chi connectivity index (χ4n) is 5.01. The summed E-state index contributed by atoms with van der Waals surface area (Å²) in [6.45, 7) is 6.55. The van der Waals surface area contributed by atoms with Crippen molar-refractivity contribution in [1.82, 2.24) is 10.3 Å². The minimum atomic E-state index is -0.575. The SMILES string of the molecule is COc1cc2c(Oc3ccc(NC(=O)c4ccccc4)cc3)ccnc2cc1OCCCNC(Cc1ccccc1)C(=O)OC(C)(C)C. The zero-order chi connectivity index (χ0) is 33.9. The summed E-state index contributed by atoms with van der Waals surface area (Å²) in [6.07, 6.45) is 2.85. The molecule has 1 unspecified atom stereocenters. The van der Waals surface area contributed by atoms with Crippen molar-refractivity contribution >= 4 is 28.5 Å². The van der Waals surface area contributed by atoms with Gasteiger partial charge < -0.3 is 29.6 Å². The summed E-state index contributed by atoms with van der Waals surface area (Å²) in [5.74, 6) is 1.84. The molecular formula is C39H41N3O6. The summed E-state index contributed by atoms with van der Waals surface area (Å²) in [5.41, 5.74) is 2.40. The van der Waals surface area contributed by atoms with E-state index in [1.54, 1.807) is 55.8 Å². The van der Waals surface area contributed by atoms with Crippen LogP contribution in [0.25, 0.3) is 10.9 Å². The molecule has 0 spiro atoms. The van der Waals surface area contributed by atoms with Gasteiger partial charge in [0.15, 0.2) is 11.5 Å². The van der Waals surface area contributed by atoms with Crippen molar-refractivity contribution < 1.29 is 28.5 Å². The third-order valence-electron chi connectivity index (χ3n) is 7.31. The van der Waals surface area contributed by atoms with Gasteiger partial charge in [-0.1, -0.05) is 48.5 Å². The number of aromatic nitrogens is 1. The van der Waals surface area contributed by atoms with Crippen LogP contribution < -0.4 is 24.8 Å². The molecule has 0 aliphatic heterocycles.